The van der Waals surface area contributed by atoms with Gasteiger partial charge in [0.15, 0.2) is 0 Å². The summed E-state index contributed by atoms with van der Waals surface area (Å²) in [6.45, 7) is 3.81. The van der Waals surface area contributed by atoms with Crippen LogP contribution < -0.4 is 4.74 Å². The molecule has 24 heavy (non-hydrogen) atoms. The molecule has 4 rings (SSSR count). The molecule has 0 unspecified atom stereocenters. The second-order valence-electron chi connectivity index (χ2n) is 8.04. The standard InChI is InChI=1S/C21H29NO2/c1-15(23)8-11-22-12-10-21-9-4-3-5-18(21)20(22)13-16-6-7-17(24-2)14-19(16)21/h6-7,14,18,20H,3-5,8-13H2,1-2H3/t18-,20+,21+/m1/s1. The first-order chi connectivity index (χ1) is 11.6. The Bertz CT molecular complexity index is 641. The second-order valence-corrected chi connectivity index (χ2v) is 8.04. The molecule has 0 radical (unpaired) electrons. The summed E-state index contributed by atoms with van der Waals surface area (Å²) in [5.74, 6) is 2.08. The first kappa shape index (κ1) is 16.1. The van der Waals surface area contributed by atoms with Crippen LogP contribution in [-0.4, -0.2) is 36.9 Å². The zero-order chi connectivity index (χ0) is 16.7. The zero-order valence-corrected chi connectivity index (χ0v) is 15.0. The minimum absolute atomic E-state index is 0.316. The van der Waals surface area contributed by atoms with E-state index in [4.69, 9.17) is 4.74 Å². The van der Waals surface area contributed by atoms with E-state index in [-0.39, 0.29) is 0 Å². The van der Waals surface area contributed by atoms with Crippen molar-refractivity contribution in [3.8, 4) is 5.75 Å². The lowest BCUT2D eigenvalue weighted by Gasteiger charge is -2.59. The van der Waals surface area contributed by atoms with E-state index >= 15 is 0 Å². The largest absolute Gasteiger partial charge is 0.497 e. The van der Waals surface area contributed by atoms with E-state index in [1.165, 1.54) is 37.7 Å². The van der Waals surface area contributed by atoms with E-state index in [1.54, 1.807) is 19.6 Å². The van der Waals surface area contributed by atoms with Gasteiger partial charge < -0.3 is 4.74 Å². The maximum absolute atomic E-state index is 11.5. The predicted octanol–water partition coefficient (Wildman–Crippen LogP) is 3.73. The van der Waals surface area contributed by atoms with Crippen molar-refractivity contribution in [3.63, 3.8) is 0 Å². The molecule has 1 heterocycles. The smallest absolute Gasteiger partial charge is 0.131 e. The molecule has 1 saturated carbocycles. The van der Waals surface area contributed by atoms with Crippen LogP contribution in [0, 0.1) is 5.92 Å². The molecule has 130 valence electrons. The molecule has 2 aliphatic carbocycles. The molecule has 0 amide bonds. The Kier molecular flexibility index (Phi) is 4.16. The fourth-order valence-electron chi connectivity index (χ4n) is 5.77. The SMILES string of the molecule is COc1ccc2c(c1)[C@]13CCCC[C@@H]1[C@H](C2)N(CCC(C)=O)CC3. The van der Waals surface area contributed by atoms with Crippen molar-refractivity contribution in [2.75, 3.05) is 20.2 Å². The van der Waals surface area contributed by atoms with Gasteiger partial charge in [0, 0.05) is 24.4 Å². The Morgan fingerprint density at radius 1 is 1.33 bits per heavy atom. The van der Waals surface area contributed by atoms with Crippen molar-refractivity contribution in [1.82, 2.24) is 4.90 Å². The topological polar surface area (TPSA) is 29.5 Å². The number of piperidine rings is 1. The number of fused-ring (bicyclic) bond motifs is 1. The third-order valence-corrected chi connectivity index (χ3v) is 6.91. The molecule has 3 heteroatoms. The summed E-state index contributed by atoms with van der Waals surface area (Å²) in [5.41, 5.74) is 3.46. The fourth-order valence-corrected chi connectivity index (χ4v) is 5.77. The van der Waals surface area contributed by atoms with Gasteiger partial charge in [0.05, 0.1) is 7.11 Å². The third-order valence-electron chi connectivity index (χ3n) is 6.91. The van der Waals surface area contributed by atoms with Crippen LogP contribution in [0.5, 0.6) is 5.75 Å². The molecule has 0 spiro atoms. The Balaban J connectivity index is 1.72. The van der Waals surface area contributed by atoms with Gasteiger partial charge in [0.2, 0.25) is 0 Å². The number of rotatable bonds is 4. The summed E-state index contributed by atoms with van der Waals surface area (Å²) >= 11 is 0. The molecular weight excluding hydrogens is 298 g/mol. The highest BCUT2D eigenvalue weighted by Crippen LogP contribution is 2.56. The fraction of sp³-hybridized carbons (Fsp3) is 0.667. The Hall–Kier alpha value is -1.35. The van der Waals surface area contributed by atoms with Crippen molar-refractivity contribution in [2.45, 2.75) is 63.3 Å². The van der Waals surface area contributed by atoms with Gasteiger partial charge in [-0.15, -0.1) is 0 Å². The molecule has 1 saturated heterocycles. The van der Waals surface area contributed by atoms with Crippen LogP contribution in [0.15, 0.2) is 18.2 Å². The quantitative estimate of drug-likeness (QED) is 0.844. The van der Waals surface area contributed by atoms with E-state index < -0.39 is 0 Å². The van der Waals surface area contributed by atoms with Crippen LogP contribution in [0.2, 0.25) is 0 Å². The van der Waals surface area contributed by atoms with Gasteiger partial charge in [-0.25, -0.2) is 0 Å². The lowest BCUT2D eigenvalue weighted by molar-refractivity contribution is -0.117. The van der Waals surface area contributed by atoms with Crippen molar-refractivity contribution in [1.29, 1.82) is 0 Å². The molecule has 0 aromatic heterocycles. The molecule has 1 aromatic rings. The second kappa shape index (κ2) is 6.18. The molecule has 3 atom stereocenters. The number of hydrogen-bond donors (Lipinski definition) is 0. The van der Waals surface area contributed by atoms with Gasteiger partial charge in [0.1, 0.15) is 11.5 Å². The number of hydrogen-bond acceptors (Lipinski definition) is 3. The van der Waals surface area contributed by atoms with E-state index in [2.05, 4.69) is 23.1 Å². The van der Waals surface area contributed by atoms with E-state index in [0.717, 1.165) is 31.2 Å². The molecule has 1 aromatic carbocycles. The number of likely N-dealkylation sites (tertiary alicyclic amines) is 1. The number of methoxy groups -OCH3 is 1. The molecule has 3 nitrogen and oxygen atoms in total. The third kappa shape index (κ3) is 2.48. The Labute approximate surface area is 145 Å². The van der Waals surface area contributed by atoms with Crippen LogP contribution in [0.3, 0.4) is 0 Å². The van der Waals surface area contributed by atoms with Gasteiger partial charge in [-0.3, -0.25) is 9.69 Å². The Morgan fingerprint density at radius 2 is 2.21 bits per heavy atom. The maximum atomic E-state index is 11.5. The van der Waals surface area contributed by atoms with Gasteiger partial charge in [-0.1, -0.05) is 18.9 Å². The van der Waals surface area contributed by atoms with Crippen LogP contribution in [0.1, 0.15) is 56.6 Å². The first-order valence-electron chi connectivity index (χ1n) is 9.55. The molecule has 3 aliphatic rings. The summed E-state index contributed by atoms with van der Waals surface area (Å²) in [6, 6.07) is 7.37. The van der Waals surface area contributed by atoms with E-state index in [0.29, 0.717) is 23.7 Å². The van der Waals surface area contributed by atoms with Gasteiger partial charge >= 0.3 is 0 Å². The number of Topliss-reactive ketones (excluding diaryl/α,β-unsaturated/α-hetero) is 1. The minimum atomic E-state index is 0.316. The normalized spacial score (nSPS) is 31.9. The lowest BCUT2D eigenvalue weighted by atomic mass is 9.52. The lowest BCUT2D eigenvalue weighted by Crippen LogP contribution is -2.61. The maximum Gasteiger partial charge on any atom is 0.131 e. The highest BCUT2D eigenvalue weighted by Gasteiger charge is 2.53. The van der Waals surface area contributed by atoms with E-state index in [9.17, 15) is 4.79 Å². The molecule has 1 aliphatic heterocycles. The van der Waals surface area contributed by atoms with Crippen molar-refractivity contribution < 1.29 is 9.53 Å². The van der Waals surface area contributed by atoms with Crippen LogP contribution in [0.25, 0.3) is 0 Å². The summed E-state index contributed by atoms with van der Waals surface area (Å²) in [7, 11) is 1.77. The van der Waals surface area contributed by atoms with Crippen molar-refractivity contribution in [2.24, 2.45) is 5.92 Å². The highest BCUT2D eigenvalue weighted by atomic mass is 16.5. The van der Waals surface area contributed by atoms with Crippen LogP contribution >= 0.6 is 0 Å². The summed E-state index contributed by atoms with van der Waals surface area (Å²) < 4.78 is 5.53. The van der Waals surface area contributed by atoms with E-state index in [1.807, 2.05) is 0 Å². The summed E-state index contributed by atoms with van der Waals surface area (Å²) in [4.78, 5) is 14.1. The molecule has 2 fully saturated rings. The average molecular weight is 327 g/mol. The van der Waals surface area contributed by atoms with Gasteiger partial charge in [-0.05, 0) is 68.3 Å². The number of benzene rings is 1. The van der Waals surface area contributed by atoms with Crippen molar-refractivity contribution in [3.05, 3.63) is 29.3 Å². The predicted molar refractivity (Wildman–Crippen MR) is 95.6 cm³/mol. The number of ketones is 1. The molecule has 2 bridgehead atoms. The van der Waals surface area contributed by atoms with Crippen LogP contribution in [-0.2, 0) is 16.6 Å². The van der Waals surface area contributed by atoms with Crippen LogP contribution in [0.4, 0.5) is 0 Å². The number of carbonyl (C=O) groups excluding carboxylic acids is 1. The number of carbonyl (C=O) groups is 1. The van der Waals surface area contributed by atoms with Gasteiger partial charge in [0.25, 0.3) is 0 Å². The van der Waals surface area contributed by atoms with Crippen molar-refractivity contribution >= 4 is 5.78 Å². The molecule has 0 N–H and O–H groups in total. The average Bonchev–Trinajstić information content (AvgIpc) is 2.60. The van der Waals surface area contributed by atoms with Gasteiger partial charge in [-0.2, -0.15) is 0 Å². The summed E-state index contributed by atoms with van der Waals surface area (Å²) in [6.07, 6.45) is 8.48. The number of ether oxygens (including phenoxy) is 1. The zero-order valence-electron chi connectivity index (χ0n) is 15.0. The summed E-state index contributed by atoms with van der Waals surface area (Å²) in [5, 5.41) is 0. The first-order valence-corrected chi connectivity index (χ1v) is 9.55. The minimum Gasteiger partial charge on any atom is -0.497 e. The monoisotopic (exact) mass is 327 g/mol. The number of nitrogens with zero attached hydrogens (tertiary/aromatic N) is 1. The Morgan fingerprint density at radius 3 is 3.00 bits per heavy atom. The highest BCUT2D eigenvalue weighted by molar-refractivity contribution is 5.75. The molecular formula is C21H29NO2.